The van der Waals surface area contributed by atoms with E-state index in [1.807, 2.05) is 32.0 Å². The van der Waals surface area contributed by atoms with Crippen molar-refractivity contribution in [2.75, 3.05) is 19.7 Å². The highest BCUT2D eigenvalue weighted by molar-refractivity contribution is 5.83. The summed E-state index contributed by atoms with van der Waals surface area (Å²) in [5.41, 5.74) is 2.33. The Labute approximate surface area is 154 Å². The average molecular weight is 360 g/mol. The van der Waals surface area contributed by atoms with Crippen molar-refractivity contribution in [3.63, 3.8) is 0 Å². The molecule has 0 atom stereocenters. The summed E-state index contributed by atoms with van der Waals surface area (Å²) in [7, 11) is 0. The van der Waals surface area contributed by atoms with Gasteiger partial charge in [0.05, 0.1) is 0 Å². The van der Waals surface area contributed by atoms with Crippen LogP contribution in [0.1, 0.15) is 43.7 Å². The highest BCUT2D eigenvalue weighted by Crippen LogP contribution is 2.17. The molecule has 0 spiro atoms. The zero-order valence-corrected chi connectivity index (χ0v) is 15.8. The monoisotopic (exact) mass is 360 g/mol. The van der Waals surface area contributed by atoms with Crippen molar-refractivity contribution in [3.8, 4) is 5.75 Å². The number of nitrogens with zero attached hydrogens (tertiary/aromatic N) is 1. The minimum absolute atomic E-state index is 0.0179. The van der Waals surface area contributed by atoms with Crippen LogP contribution in [0.2, 0.25) is 0 Å². The first kappa shape index (κ1) is 19.9. The summed E-state index contributed by atoms with van der Waals surface area (Å²) in [6.07, 6.45) is 1.96. The maximum absolute atomic E-state index is 12.3. The Kier molecular flexibility index (Phi) is 7.18. The first-order chi connectivity index (χ1) is 12.3. The minimum atomic E-state index is -0.0944. The number of nitrogens with one attached hydrogen (secondary N) is 1. The van der Waals surface area contributed by atoms with Gasteiger partial charge in [0.25, 0.3) is 5.91 Å². The molecule has 0 radical (unpaired) electrons. The van der Waals surface area contributed by atoms with E-state index in [2.05, 4.69) is 5.32 Å². The van der Waals surface area contributed by atoms with Crippen molar-refractivity contribution < 1.29 is 19.1 Å². The number of likely N-dealkylation sites (tertiary alicyclic amines) is 1. The van der Waals surface area contributed by atoms with E-state index in [4.69, 9.17) is 4.74 Å². The number of ether oxygens (including phenoxy) is 1. The van der Waals surface area contributed by atoms with Gasteiger partial charge in [-0.3, -0.25) is 9.59 Å². The Morgan fingerprint density at radius 3 is 2.42 bits per heavy atom. The maximum atomic E-state index is 12.3. The lowest BCUT2D eigenvalue weighted by molar-refractivity contribution is -0.134. The molecule has 6 nitrogen and oxygen atoms in total. The molecule has 2 rings (SSSR count). The molecule has 0 aliphatic carbocycles. The van der Waals surface area contributed by atoms with E-state index >= 15 is 0 Å². The van der Waals surface area contributed by atoms with Crippen molar-refractivity contribution in [2.45, 2.75) is 52.5 Å². The van der Waals surface area contributed by atoms with E-state index in [0.29, 0.717) is 18.8 Å². The number of hydrogen-bond donors (Lipinski definition) is 1. The van der Waals surface area contributed by atoms with Gasteiger partial charge in [-0.05, 0) is 56.9 Å². The highest BCUT2D eigenvalue weighted by Gasteiger charge is 2.24. The number of piperidine rings is 1. The van der Waals surface area contributed by atoms with Crippen LogP contribution < -0.4 is 10.1 Å². The SMILES string of the molecule is CC(=O)CCC(=O)NC1CCN(C(=O)COc2ccc(C)c(C)c2)CC1. The van der Waals surface area contributed by atoms with Crippen LogP contribution in [0.3, 0.4) is 0 Å². The highest BCUT2D eigenvalue weighted by atomic mass is 16.5. The Bertz CT molecular complexity index is 664. The topological polar surface area (TPSA) is 75.7 Å². The number of hydrogen-bond acceptors (Lipinski definition) is 4. The predicted octanol–water partition coefficient (Wildman–Crippen LogP) is 2.16. The molecule has 142 valence electrons. The summed E-state index contributed by atoms with van der Waals surface area (Å²) in [6.45, 7) is 6.77. The van der Waals surface area contributed by atoms with Gasteiger partial charge >= 0.3 is 0 Å². The van der Waals surface area contributed by atoms with Gasteiger partial charge in [0.15, 0.2) is 6.61 Å². The number of carbonyl (C=O) groups excluding carboxylic acids is 3. The molecular formula is C20H28N2O4. The van der Waals surface area contributed by atoms with Gasteiger partial charge in [0, 0.05) is 32.0 Å². The lowest BCUT2D eigenvalue weighted by Gasteiger charge is -2.32. The van der Waals surface area contributed by atoms with Crippen molar-refractivity contribution in [1.82, 2.24) is 10.2 Å². The van der Waals surface area contributed by atoms with Crippen molar-refractivity contribution in [1.29, 1.82) is 0 Å². The van der Waals surface area contributed by atoms with Gasteiger partial charge in [-0.1, -0.05) is 6.07 Å². The molecule has 1 aliphatic heterocycles. The molecule has 1 heterocycles. The van der Waals surface area contributed by atoms with Gasteiger partial charge in [0.1, 0.15) is 11.5 Å². The third-order valence-corrected chi connectivity index (χ3v) is 4.76. The second-order valence-corrected chi connectivity index (χ2v) is 6.96. The smallest absolute Gasteiger partial charge is 0.260 e. The Morgan fingerprint density at radius 2 is 1.81 bits per heavy atom. The third-order valence-electron chi connectivity index (χ3n) is 4.76. The van der Waals surface area contributed by atoms with E-state index in [1.54, 1.807) is 4.90 Å². The average Bonchev–Trinajstić information content (AvgIpc) is 2.61. The Morgan fingerprint density at radius 1 is 1.12 bits per heavy atom. The molecule has 1 saturated heterocycles. The van der Waals surface area contributed by atoms with Gasteiger partial charge in [-0.15, -0.1) is 0 Å². The first-order valence-corrected chi connectivity index (χ1v) is 9.12. The van der Waals surface area contributed by atoms with Crippen LogP contribution in [0.25, 0.3) is 0 Å². The summed E-state index contributed by atoms with van der Waals surface area (Å²) in [6, 6.07) is 5.86. The van der Waals surface area contributed by atoms with Gasteiger partial charge < -0.3 is 19.7 Å². The van der Waals surface area contributed by atoms with Crippen LogP contribution in [-0.4, -0.2) is 48.2 Å². The van der Waals surface area contributed by atoms with Crippen molar-refractivity contribution in [3.05, 3.63) is 29.3 Å². The lowest BCUT2D eigenvalue weighted by Crippen LogP contribution is -2.47. The number of amides is 2. The molecule has 1 N–H and O–H groups in total. The Hall–Kier alpha value is -2.37. The molecule has 0 unspecified atom stereocenters. The largest absolute Gasteiger partial charge is 0.484 e. The molecular weight excluding hydrogens is 332 g/mol. The number of aryl methyl sites for hydroxylation is 2. The second-order valence-electron chi connectivity index (χ2n) is 6.96. The zero-order valence-electron chi connectivity index (χ0n) is 15.8. The number of ketones is 1. The molecule has 1 aliphatic rings. The minimum Gasteiger partial charge on any atom is -0.484 e. The van der Waals surface area contributed by atoms with E-state index in [9.17, 15) is 14.4 Å². The number of benzene rings is 1. The maximum Gasteiger partial charge on any atom is 0.260 e. The first-order valence-electron chi connectivity index (χ1n) is 9.12. The van der Waals surface area contributed by atoms with E-state index < -0.39 is 0 Å². The molecule has 6 heteroatoms. The summed E-state index contributed by atoms with van der Waals surface area (Å²) >= 11 is 0. The van der Waals surface area contributed by atoms with Gasteiger partial charge in [0.2, 0.25) is 5.91 Å². The van der Waals surface area contributed by atoms with Gasteiger partial charge in [-0.2, -0.15) is 0 Å². The molecule has 0 bridgehead atoms. The third kappa shape index (κ3) is 6.17. The zero-order chi connectivity index (χ0) is 19.1. The van der Waals surface area contributed by atoms with Crippen LogP contribution in [0, 0.1) is 13.8 Å². The molecule has 0 aromatic heterocycles. The van der Waals surface area contributed by atoms with Crippen molar-refractivity contribution in [2.24, 2.45) is 0 Å². The molecule has 26 heavy (non-hydrogen) atoms. The van der Waals surface area contributed by atoms with Crippen LogP contribution in [0.15, 0.2) is 18.2 Å². The van der Waals surface area contributed by atoms with Crippen molar-refractivity contribution >= 4 is 17.6 Å². The summed E-state index contributed by atoms with van der Waals surface area (Å²) in [4.78, 5) is 36.8. The van der Waals surface area contributed by atoms with Crippen LogP contribution in [-0.2, 0) is 14.4 Å². The summed E-state index contributed by atoms with van der Waals surface area (Å²) < 4.78 is 5.61. The van der Waals surface area contributed by atoms with E-state index in [-0.39, 0.29) is 43.1 Å². The normalized spacial score (nSPS) is 14.8. The van der Waals surface area contributed by atoms with Crippen LogP contribution in [0.5, 0.6) is 5.75 Å². The fourth-order valence-corrected chi connectivity index (χ4v) is 2.90. The van der Waals surface area contributed by atoms with Crippen LogP contribution >= 0.6 is 0 Å². The number of Topliss-reactive ketones (excluding diaryl/α,β-unsaturated/α-hetero) is 1. The Balaban J connectivity index is 1.71. The fraction of sp³-hybridized carbons (Fsp3) is 0.550. The molecule has 1 aromatic carbocycles. The number of carbonyl (C=O) groups is 3. The quantitative estimate of drug-likeness (QED) is 0.808. The number of rotatable bonds is 7. The fourth-order valence-electron chi connectivity index (χ4n) is 2.90. The predicted molar refractivity (Wildman–Crippen MR) is 99.1 cm³/mol. The van der Waals surface area contributed by atoms with E-state index in [0.717, 1.165) is 18.4 Å². The van der Waals surface area contributed by atoms with Crippen LogP contribution in [0.4, 0.5) is 0 Å². The molecule has 1 fully saturated rings. The standard InChI is InChI=1S/C20H28N2O4/c1-14-4-6-18(12-15(14)2)26-13-20(25)22-10-8-17(9-11-22)21-19(24)7-5-16(3)23/h4,6,12,17H,5,7-11,13H2,1-3H3,(H,21,24). The summed E-state index contributed by atoms with van der Waals surface area (Å²) in [5.74, 6) is 0.589. The van der Waals surface area contributed by atoms with Gasteiger partial charge in [-0.25, -0.2) is 0 Å². The summed E-state index contributed by atoms with van der Waals surface area (Å²) in [5, 5.41) is 2.94. The molecule has 2 amide bonds. The molecule has 0 saturated carbocycles. The lowest BCUT2D eigenvalue weighted by atomic mass is 10.0. The van der Waals surface area contributed by atoms with E-state index in [1.165, 1.54) is 12.5 Å². The second kappa shape index (κ2) is 9.36. The molecule has 1 aromatic rings.